The van der Waals surface area contributed by atoms with Crippen molar-refractivity contribution in [3.05, 3.63) is 58.1 Å². The number of nitrogens with two attached hydrogens (primary N) is 1. The number of amides is 1. The molecule has 0 radical (unpaired) electrons. The Bertz CT molecular complexity index is 940. The van der Waals surface area contributed by atoms with Crippen LogP contribution >= 0.6 is 11.3 Å². The Morgan fingerprint density at radius 1 is 1.28 bits per heavy atom. The highest BCUT2D eigenvalue weighted by atomic mass is 32.1. The maximum Gasteiger partial charge on any atom is 0.222 e. The van der Waals surface area contributed by atoms with Gasteiger partial charge in [0.1, 0.15) is 17.4 Å². The molecule has 0 spiro atoms. The van der Waals surface area contributed by atoms with Gasteiger partial charge in [-0.25, -0.2) is 13.8 Å². The number of carbonyl (C=O) groups excluding carboxylic acids is 1. The zero-order valence-electron chi connectivity index (χ0n) is 13.5. The Labute approximate surface area is 147 Å². The fraction of sp³-hybridized carbons (Fsp3) is 0.222. The Balaban J connectivity index is 1.83. The van der Waals surface area contributed by atoms with E-state index in [-0.39, 0.29) is 17.9 Å². The molecule has 4 nitrogen and oxygen atoms in total. The Kier molecular flexibility index (Phi) is 4.94. The van der Waals surface area contributed by atoms with Gasteiger partial charge in [0.05, 0.1) is 16.6 Å². The van der Waals surface area contributed by atoms with Crippen LogP contribution < -0.4 is 10.5 Å². The number of para-hydroxylation sites is 1. The summed E-state index contributed by atoms with van der Waals surface area (Å²) in [6, 6.07) is 8.21. The molecule has 0 bridgehead atoms. The molecule has 1 aromatic heterocycles. The number of nitrogens with zero attached hydrogens (tertiary/aromatic N) is 1. The Morgan fingerprint density at radius 3 is 2.80 bits per heavy atom. The lowest BCUT2D eigenvalue weighted by Gasteiger charge is -2.09. The number of hydrogen-bond donors (Lipinski definition) is 1. The number of ether oxygens (including phenoxy) is 1. The first-order chi connectivity index (χ1) is 12.0. The highest BCUT2D eigenvalue weighted by Gasteiger charge is 2.17. The summed E-state index contributed by atoms with van der Waals surface area (Å²) >= 11 is 1.46. The number of thiazole rings is 1. The zero-order valence-corrected chi connectivity index (χ0v) is 14.3. The molecule has 1 amide bonds. The van der Waals surface area contributed by atoms with Crippen molar-refractivity contribution in [1.82, 2.24) is 4.98 Å². The summed E-state index contributed by atoms with van der Waals surface area (Å²) in [5.74, 6) is -2.67. The number of primary amides is 1. The molecular weight excluding hydrogens is 346 g/mol. The van der Waals surface area contributed by atoms with E-state index in [0.717, 1.165) is 28.3 Å². The van der Waals surface area contributed by atoms with Gasteiger partial charge in [-0.05, 0) is 30.2 Å². The van der Waals surface area contributed by atoms with E-state index >= 15 is 0 Å². The normalized spacial score (nSPS) is 11.0. The minimum absolute atomic E-state index is 0.0566. The van der Waals surface area contributed by atoms with Crippen molar-refractivity contribution < 1.29 is 18.3 Å². The minimum Gasteiger partial charge on any atom is -0.483 e. The van der Waals surface area contributed by atoms with Gasteiger partial charge in [-0.3, -0.25) is 4.79 Å². The molecule has 2 aromatic carbocycles. The first kappa shape index (κ1) is 17.3. The van der Waals surface area contributed by atoms with Crippen LogP contribution in [0.15, 0.2) is 30.3 Å². The van der Waals surface area contributed by atoms with E-state index in [1.807, 2.05) is 18.2 Å². The molecule has 0 atom stereocenters. The smallest absolute Gasteiger partial charge is 0.222 e. The van der Waals surface area contributed by atoms with Crippen LogP contribution in [-0.2, 0) is 24.2 Å². The molecule has 2 N–H and O–H groups in total. The lowest BCUT2D eigenvalue weighted by Crippen LogP contribution is -2.16. The van der Waals surface area contributed by atoms with Crippen molar-refractivity contribution >= 4 is 27.5 Å². The third kappa shape index (κ3) is 3.61. The summed E-state index contributed by atoms with van der Waals surface area (Å²) in [5, 5.41) is 0.691. The van der Waals surface area contributed by atoms with E-state index < -0.39 is 24.0 Å². The van der Waals surface area contributed by atoms with Crippen molar-refractivity contribution in [2.75, 3.05) is 0 Å². The maximum atomic E-state index is 14.3. The number of halogens is 2. The molecule has 0 fully saturated rings. The molecule has 7 heteroatoms. The predicted octanol–water partition coefficient (Wildman–Crippen LogP) is 3.74. The van der Waals surface area contributed by atoms with Gasteiger partial charge in [0.25, 0.3) is 0 Å². The van der Waals surface area contributed by atoms with E-state index in [2.05, 4.69) is 11.9 Å². The first-order valence-corrected chi connectivity index (χ1v) is 8.56. The second-order valence-corrected chi connectivity index (χ2v) is 6.61. The lowest BCUT2D eigenvalue weighted by molar-refractivity contribution is -0.117. The molecule has 3 aromatic rings. The molecule has 3 rings (SSSR count). The minimum atomic E-state index is -0.908. The quantitative estimate of drug-likeness (QED) is 0.726. The van der Waals surface area contributed by atoms with Crippen molar-refractivity contribution in [2.24, 2.45) is 5.73 Å². The number of rotatable bonds is 6. The van der Waals surface area contributed by atoms with Crippen molar-refractivity contribution in [1.29, 1.82) is 0 Å². The molecule has 0 aliphatic rings. The average molecular weight is 362 g/mol. The number of aromatic nitrogens is 1. The molecule has 0 saturated heterocycles. The standard InChI is InChI=1S/C18H16F2N2O2S/c1-2-10-4-3-5-14-18(10)22-16(25-14)9-24-13-7-6-12(19)11(17(13)20)8-15(21)23/h3-7H,2,8-9H2,1H3,(H2,21,23). The molecular formula is C18H16F2N2O2S. The molecule has 1 heterocycles. The van der Waals surface area contributed by atoms with E-state index in [0.29, 0.717) is 5.01 Å². The van der Waals surface area contributed by atoms with Crippen LogP contribution in [0.4, 0.5) is 8.78 Å². The monoisotopic (exact) mass is 362 g/mol. The lowest BCUT2D eigenvalue weighted by atomic mass is 10.1. The fourth-order valence-corrected chi connectivity index (χ4v) is 3.49. The second-order valence-electron chi connectivity index (χ2n) is 5.49. The SMILES string of the molecule is CCc1cccc2sc(COc3ccc(F)c(CC(N)=O)c3F)nc12. The largest absolute Gasteiger partial charge is 0.483 e. The molecule has 0 saturated carbocycles. The Morgan fingerprint density at radius 2 is 2.08 bits per heavy atom. The van der Waals surface area contributed by atoms with Gasteiger partial charge in [0.2, 0.25) is 5.91 Å². The predicted molar refractivity (Wildman–Crippen MR) is 92.6 cm³/mol. The van der Waals surface area contributed by atoms with Crippen LogP contribution in [-0.4, -0.2) is 10.9 Å². The van der Waals surface area contributed by atoms with Crippen LogP contribution in [0.1, 0.15) is 23.1 Å². The summed E-state index contributed by atoms with van der Waals surface area (Å²) in [7, 11) is 0. The summed E-state index contributed by atoms with van der Waals surface area (Å²) < 4.78 is 34.5. The number of aryl methyl sites for hydroxylation is 1. The molecule has 0 aliphatic carbocycles. The molecule has 130 valence electrons. The molecule has 0 aliphatic heterocycles. The van der Waals surface area contributed by atoms with Crippen LogP contribution in [0.25, 0.3) is 10.2 Å². The summed E-state index contributed by atoms with van der Waals surface area (Å²) in [5.41, 5.74) is 6.69. The first-order valence-electron chi connectivity index (χ1n) is 7.75. The van der Waals surface area contributed by atoms with Gasteiger partial charge < -0.3 is 10.5 Å². The van der Waals surface area contributed by atoms with Gasteiger partial charge in [0, 0.05) is 5.56 Å². The molecule has 0 unspecified atom stereocenters. The highest BCUT2D eigenvalue weighted by molar-refractivity contribution is 7.18. The summed E-state index contributed by atoms with van der Waals surface area (Å²) in [6.45, 7) is 2.11. The van der Waals surface area contributed by atoms with Gasteiger partial charge in [-0.2, -0.15) is 0 Å². The second kappa shape index (κ2) is 7.14. The third-order valence-electron chi connectivity index (χ3n) is 3.78. The average Bonchev–Trinajstić information content (AvgIpc) is 3.00. The van der Waals surface area contributed by atoms with E-state index in [9.17, 15) is 13.6 Å². The van der Waals surface area contributed by atoms with Crippen LogP contribution in [0.2, 0.25) is 0 Å². The highest BCUT2D eigenvalue weighted by Crippen LogP contribution is 2.28. The van der Waals surface area contributed by atoms with Gasteiger partial charge in [0.15, 0.2) is 11.6 Å². The fourth-order valence-electron chi connectivity index (χ4n) is 2.56. The van der Waals surface area contributed by atoms with Crippen LogP contribution in [0.5, 0.6) is 5.75 Å². The van der Waals surface area contributed by atoms with E-state index in [1.165, 1.54) is 17.4 Å². The van der Waals surface area contributed by atoms with Crippen molar-refractivity contribution in [3.8, 4) is 5.75 Å². The van der Waals surface area contributed by atoms with Gasteiger partial charge in [-0.1, -0.05) is 19.1 Å². The van der Waals surface area contributed by atoms with Crippen LogP contribution in [0.3, 0.4) is 0 Å². The topological polar surface area (TPSA) is 65.2 Å². The van der Waals surface area contributed by atoms with Crippen molar-refractivity contribution in [2.45, 2.75) is 26.4 Å². The van der Waals surface area contributed by atoms with Crippen LogP contribution in [0, 0.1) is 11.6 Å². The maximum absolute atomic E-state index is 14.3. The van der Waals surface area contributed by atoms with E-state index in [1.54, 1.807) is 0 Å². The van der Waals surface area contributed by atoms with E-state index in [4.69, 9.17) is 10.5 Å². The zero-order chi connectivity index (χ0) is 18.0. The van der Waals surface area contributed by atoms with Gasteiger partial charge >= 0.3 is 0 Å². The third-order valence-corrected chi connectivity index (χ3v) is 4.77. The number of fused-ring (bicyclic) bond motifs is 1. The molecule has 25 heavy (non-hydrogen) atoms. The van der Waals surface area contributed by atoms with Crippen molar-refractivity contribution in [3.63, 3.8) is 0 Å². The summed E-state index contributed by atoms with van der Waals surface area (Å²) in [6.07, 6.45) is 0.348. The number of benzene rings is 2. The summed E-state index contributed by atoms with van der Waals surface area (Å²) in [4.78, 5) is 15.5. The number of hydrogen-bond acceptors (Lipinski definition) is 4. The number of carbonyl (C=O) groups is 1. The Hall–Kier alpha value is -2.54. The van der Waals surface area contributed by atoms with Gasteiger partial charge in [-0.15, -0.1) is 11.3 Å².